The average Bonchev–Trinajstić information content (AvgIpc) is 2.79. The zero-order valence-electron chi connectivity index (χ0n) is 17.6. The second kappa shape index (κ2) is 11.0. The maximum atomic E-state index is 14.9. The number of hydrogen-bond acceptors (Lipinski definition) is 7. The molecule has 0 saturated heterocycles. The third kappa shape index (κ3) is 5.69. The van der Waals surface area contributed by atoms with Gasteiger partial charge in [-0.1, -0.05) is 0 Å². The Morgan fingerprint density at radius 3 is 1.54 bits per heavy atom. The second-order valence-electron chi connectivity index (χ2n) is 7.85. The summed E-state index contributed by atoms with van der Waals surface area (Å²) in [6.07, 6.45) is -7.09. The lowest BCUT2D eigenvalue weighted by molar-refractivity contribution is -0.777. The van der Waals surface area contributed by atoms with Gasteiger partial charge in [-0.2, -0.15) is 61.4 Å². The van der Waals surface area contributed by atoms with E-state index in [0.29, 0.717) is 0 Å². The number of alkyl halides is 14. The van der Waals surface area contributed by atoms with E-state index in [9.17, 15) is 71.5 Å². The fourth-order valence-corrected chi connectivity index (χ4v) is 3.60. The van der Waals surface area contributed by atoms with E-state index in [4.69, 9.17) is 5.11 Å². The lowest BCUT2D eigenvalue weighted by atomic mass is 9.83. The number of hydrogen-bond donors (Lipinski definition) is 1. The van der Waals surface area contributed by atoms with Crippen LogP contribution in [-0.4, -0.2) is 65.1 Å². The molecule has 1 atom stereocenters. The largest absolute Gasteiger partial charge is 0.691 e. The van der Waals surface area contributed by atoms with Crippen molar-refractivity contribution in [2.24, 2.45) is 11.8 Å². The van der Waals surface area contributed by atoms with Gasteiger partial charge in [0.1, 0.15) is 0 Å². The van der Waals surface area contributed by atoms with Crippen molar-refractivity contribution in [3.8, 4) is 0 Å². The monoisotopic (exact) mass is 601 g/mol. The molecule has 0 aromatic rings. The number of ether oxygens (including phenoxy) is 1. The van der Waals surface area contributed by atoms with Crippen molar-refractivity contribution < 1.29 is 90.7 Å². The van der Waals surface area contributed by atoms with Crippen LogP contribution >= 0.6 is 12.0 Å². The van der Waals surface area contributed by atoms with Crippen molar-refractivity contribution in [3.63, 3.8) is 0 Å². The van der Waals surface area contributed by atoms with Crippen LogP contribution in [0.25, 0.3) is 0 Å². The van der Waals surface area contributed by atoms with Gasteiger partial charge in [-0.15, -0.1) is 0 Å². The molecule has 0 bridgehead atoms. The molecule has 1 fully saturated rings. The normalized spacial score (nSPS) is 22.5. The van der Waals surface area contributed by atoms with Crippen LogP contribution in [-0.2, 0) is 18.9 Å². The lowest BCUT2D eigenvalue weighted by Gasteiger charge is -2.42. The molecule has 220 valence electrons. The predicted octanol–water partition coefficient (Wildman–Crippen LogP) is 4.60. The van der Waals surface area contributed by atoms with Gasteiger partial charge in [0.05, 0.1) is 18.6 Å². The summed E-state index contributed by atoms with van der Waals surface area (Å²) in [4.78, 5) is 11.9. The van der Waals surface area contributed by atoms with Crippen molar-refractivity contribution in [2.45, 2.75) is 66.5 Å². The van der Waals surface area contributed by atoms with Crippen LogP contribution in [0.4, 0.5) is 61.5 Å². The molecule has 0 aromatic carbocycles. The van der Waals surface area contributed by atoms with Crippen LogP contribution in [0.1, 0.15) is 25.7 Å². The first-order chi connectivity index (χ1) is 16.5. The number of aliphatic hydroxyl groups excluding tert-OH is 1. The SMILES string of the molecule is O=C(OCC1CCC(CO)CC1)C(F)(SOO[O-])C(F)(F)C(F)(F)C(F)(F)C(F)(F)C(F)(F)C(F)(F)F. The van der Waals surface area contributed by atoms with Crippen LogP contribution in [0.5, 0.6) is 0 Å². The van der Waals surface area contributed by atoms with E-state index in [0.717, 1.165) is 0 Å². The number of carbonyl (C=O) groups is 1. The Morgan fingerprint density at radius 1 is 0.730 bits per heavy atom. The molecule has 0 amide bonds. The molecule has 0 heterocycles. The van der Waals surface area contributed by atoms with Crippen LogP contribution in [0.3, 0.4) is 0 Å². The summed E-state index contributed by atoms with van der Waals surface area (Å²) in [5.41, 5.74) is 0. The Kier molecular flexibility index (Phi) is 10.1. The van der Waals surface area contributed by atoms with Gasteiger partial charge in [0, 0.05) is 6.61 Å². The smallest absolute Gasteiger partial charge is 0.460 e. The molecule has 1 aliphatic rings. The summed E-state index contributed by atoms with van der Waals surface area (Å²) >= 11 is -2.13. The van der Waals surface area contributed by atoms with E-state index in [1.165, 1.54) is 0 Å². The first-order valence-electron chi connectivity index (χ1n) is 9.56. The Labute approximate surface area is 201 Å². The van der Waals surface area contributed by atoms with Crippen molar-refractivity contribution in [2.75, 3.05) is 13.2 Å². The standard InChI is InChI=1S/C16H16F14O6S/c17-10(37-36-35-33,9(32)34-6-8-3-1-7(5-31)2-4-8)11(18,19)12(20,21)13(22,23)14(24,25)15(26,27)16(28,29)30/h7-8,31,33H,1-6H2/p-1. The Bertz CT molecular complexity index is 786. The summed E-state index contributed by atoms with van der Waals surface area (Å²) < 4.78 is 195. The number of esters is 1. The summed E-state index contributed by atoms with van der Waals surface area (Å²) in [5, 5.41) is 15.0. The summed E-state index contributed by atoms with van der Waals surface area (Å²) in [6.45, 7) is -1.38. The fraction of sp³-hybridized carbons (Fsp3) is 0.938. The van der Waals surface area contributed by atoms with Crippen LogP contribution in [0.2, 0.25) is 0 Å². The molecule has 37 heavy (non-hydrogen) atoms. The van der Waals surface area contributed by atoms with Gasteiger partial charge in [0.25, 0.3) is 0 Å². The van der Waals surface area contributed by atoms with E-state index in [1.54, 1.807) is 0 Å². The molecule has 0 aliphatic heterocycles. The molecule has 21 heteroatoms. The quantitative estimate of drug-likeness (QED) is 0.115. The van der Waals surface area contributed by atoms with E-state index >= 15 is 0 Å². The lowest BCUT2D eigenvalue weighted by Crippen LogP contribution is -2.73. The number of carbonyl (C=O) groups excluding carboxylic acids is 1. The van der Waals surface area contributed by atoms with Gasteiger partial charge in [-0.25, -0.2) is 9.18 Å². The Balaban J connectivity index is 3.39. The molecule has 1 saturated carbocycles. The zero-order valence-corrected chi connectivity index (χ0v) is 18.4. The highest BCUT2D eigenvalue weighted by molar-refractivity contribution is 7.96. The second-order valence-corrected chi connectivity index (χ2v) is 8.72. The molecular weight excluding hydrogens is 586 g/mol. The number of rotatable bonds is 12. The minimum atomic E-state index is -8.40. The molecule has 0 aromatic heterocycles. The maximum absolute atomic E-state index is 14.9. The molecule has 0 spiro atoms. The minimum absolute atomic E-state index is 0.0640. The highest BCUT2D eigenvalue weighted by Crippen LogP contribution is 2.63. The van der Waals surface area contributed by atoms with Crippen molar-refractivity contribution in [3.05, 3.63) is 0 Å². The minimum Gasteiger partial charge on any atom is -0.691 e. The third-order valence-electron chi connectivity index (χ3n) is 5.45. The van der Waals surface area contributed by atoms with Gasteiger partial charge >= 0.3 is 46.8 Å². The van der Waals surface area contributed by atoms with Crippen LogP contribution in [0.15, 0.2) is 0 Å². The molecule has 1 rings (SSSR count). The first-order valence-corrected chi connectivity index (χ1v) is 10.3. The highest BCUT2D eigenvalue weighted by Gasteiger charge is 2.94. The van der Waals surface area contributed by atoms with E-state index in [-0.39, 0.29) is 38.2 Å². The molecule has 6 nitrogen and oxygen atoms in total. The van der Waals surface area contributed by atoms with Gasteiger partial charge in [0.15, 0.2) is 0 Å². The molecule has 1 aliphatic carbocycles. The van der Waals surface area contributed by atoms with Crippen molar-refractivity contribution >= 4 is 18.0 Å². The van der Waals surface area contributed by atoms with Crippen LogP contribution < -0.4 is 5.26 Å². The van der Waals surface area contributed by atoms with E-state index < -0.39 is 71.3 Å². The average molecular weight is 601 g/mol. The maximum Gasteiger partial charge on any atom is 0.460 e. The first kappa shape index (κ1) is 33.7. The van der Waals surface area contributed by atoms with Gasteiger partial charge in [-0.3, -0.25) is 5.04 Å². The predicted molar refractivity (Wildman–Crippen MR) is 87.9 cm³/mol. The number of aliphatic hydroxyl groups is 1. The van der Waals surface area contributed by atoms with Gasteiger partial charge in [-0.05, 0) is 37.5 Å². The van der Waals surface area contributed by atoms with Crippen LogP contribution in [0, 0.1) is 11.8 Å². The van der Waals surface area contributed by atoms with Gasteiger partial charge in [0.2, 0.25) is 0 Å². The van der Waals surface area contributed by atoms with Crippen molar-refractivity contribution in [1.82, 2.24) is 0 Å². The molecular formula is C16H15F14O6S-. The highest BCUT2D eigenvalue weighted by atomic mass is 32.2. The zero-order chi connectivity index (χ0) is 29.3. The summed E-state index contributed by atoms with van der Waals surface area (Å²) in [5.74, 6) is -45.0. The van der Waals surface area contributed by atoms with Crippen molar-refractivity contribution in [1.29, 1.82) is 0 Å². The number of halogens is 14. The molecule has 1 N–H and O–H groups in total. The van der Waals surface area contributed by atoms with E-state index in [2.05, 4.69) is 14.1 Å². The summed E-state index contributed by atoms with van der Waals surface area (Å²) in [6, 6.07) is 0. The fourth-order valence-electron chi connectivity index (χ4n) is 3.11. The molecule has 1 unspecified atom stereocenters. The summed E-state index contributed by atoms with van der Waals surface area (Å²) in [7, 11) is 0. The topological polar surface area (TPSA) is 88.1 Å². The third-order valence-corrected chi connectivity index (χ3v) is 6.23. The Morgan fingerprint density at radius 2 is 1.14 bits per heavy atom. The van der Waals surface area contributed by atoms with Gasteiger partial charge < -0.3 is 15.1 Å². The Hall–Kier alpha value is -1.32. The molecule has 0 radical (unpaired) electrons. The van der Waals surface area contributed by atoms with E-state index in [1.807, 2.05) is 0 Å².